The molecule has 0 aliphatic heterocycles. The van der Waals surface area contributed by atoms with Gasteiger partial charge in [-0.1, -0.05) is 73.3 Å². The molecule has 0 radical (unpaired) electrons. The Morgan fingerprint density at radius 2 is 1.74 bits per heavy atom. The van der Waals surface area contributed by atoms with Gasteiger partial charge in [-0.3, -0.25) is 9.59 Å². The van der Waals surface area contributed by atoms with E-state index >= 15 is 0 Å². The Bertz CT molecular complexity index is 851. The predicted octanol–water partition coefficient (Wildman–Crippen LogP) is 7.92. The highest BCUT2D eigenvalue weighted by Gasteiger charge is 2.61. The quantitative estimate of drug-likeness (QED) is 0.370. The molecule has 4 rings (SSSR count). The molecule has 3 saturated carbocycles. The molecule has 192 valence electrons. The molecule has 3 nitrogen and oxygen atoms in total. The van der Waals surface area contributed by atoms with Crippen molar-refractivity contribution in [1.29, 1.82) is 0 Å². The molecule has 0 aromatic heterocycles. The molecule has 0 aromatic carbocycles. The maximum atomic E-state index is 13.6. The van der Waals surface area contributed by atoms with Gasteiger partial charge in [0.05, 0.1) is 0 Å². The molecular weight excluding hydrogens is 420 g/mol. The van der Waals surface area contributed by atoms with Gasteiger partial charge in [-0.2, -0.15) is 0 Å². The van der Waals surface area contributed by atoms with Crippen LogP contribution in [0.4, 0.5) is 0 Å². The number of rotatable bonds is 6. The Hall–Kier alpha value is -1.12. The monoisotopic (exact) mass is 470 g/mol. The molecule has 3 fully saturated rings. The molecule has 34 heavy (non-hydrogen) atoms. The third kappa shape index (κ3) is 4.11. The molecule has 0 bridgehead atoms. The van der Waals surface area contributed by atoms with E-state index in [-0.39, 0.29) is 28.3 Å². The van der Waals surface area contributed by atoms with E-state index in [2.05, 4.69) is 48.5 Å². The number of carbonyl (C=O) groups excluding carboxylic acids is 2. The van der Waals surface area contributed by atoms with E-state index in [0.717, 1.165) is 44.4 Å². The summed E-state index contributed by atoms with van der Waals surface area (Å²) in [5, 5.41) is 0. The fourth-order valence-electron chi connectivity index (χ4n) is 9.48. The molecule has 0 unspecified atom stereocenters. The lowest BCUT2D eigenvalue weighted by Gasteiger charge is -2.61. The van der Waals surface area contributed by atoms with Gasteiger partial charge in [0.1, 0.15) is 6.10 Å². The van der Waals surface area contributed by atoms with E-state index in [1.54, 1.807) is 6.92 Å². The zero-order chi connectivity index (χ0) is 25.1. The van der Waals surface area contributed by atoms with Crippen LogP contribution in [0.25, 0.3) is 0 Å². The van der Waals surface area contributed by atoms with Gasteiger partial charge in [0.25, 0.3) is 0 Å². The molecule has 0 amide bonds. The van der Waals surface area contributed by atoms with Crippen LogP contribution in [0.3, 0.4) is 0 Å². The largest absolute Gasteiger partial charge is 0.462 e. The van der Waals surface area contributed by atoms with E-state index in [9.17, 15) is 9.59 Å². The first-order chi connectivity index (χ1) is 15.8. The fourth-order valence-corrected chi connectivity index (χ4v) is 9.48. The summed E-state index contributed by atoms with van der Waals surface area (Å²) in [7, 11) is 0. The maximum Gasteiger partial charge on any atom is 0.302 e. The van der Waals surface area contributed by atoms with Crippen LogP contribution in [-0.4, -0.2) is 17.9 Å². The molecule has 4 aliphatic rings. The second kappa shape index (κ2) is 9.07. The van der Waals surface area contributed by atoms with Gasteiger partial charge >= 0.3 is 5.97 Å². The molecule has 0 saturated heterocycles. The van der Waals surface area contributed by atoms with Crippen molar-refractivity contribution in [3.8, 4) is 0 Å². The number of ketones is 1. The topological polar surface area (TPSA) is 43.4 Å². The van der Waals surface area contributed by atoms with Gasteiger partial charge in [0.15, 0.2) is 5.78 Å². The number of Topliss-reactive ketones (excluding diaryl/α,β-unsaturated/α-hetero) is 1. The van der Waals surface area contributed by atoms with Crippen LogP contribution in [0, 0.1) is 45.8 Å². The SMILES string of the molecule is CC(=O)O[C@H]1CC[C@]2(C)[C@H]3CC[C@@]4(C)C(=C3CC[C@H]2C1(C)C)C(=O)C[C@@H]4[C@H](C)CCCC(C)C. The first-order valence-electron chi connectivity index (χ1n) is 14.3. The number of hydrogen-bond acceptors (Lipinski definition) is 3. The summed E-state index contributed by atoms with van der Waals surface area (Å²) in [6.45, 7) is 18.2. The predicted molar refractivity (Wildman–Crippen MR) is 138 cm³/mol. The summed E-state index contributed by atoms with van der Waals surface area (Å²) in [6.07, 6.45) is 11.2. The van der Waals surface area contributed by atoms with Crippen molar-refractivity contribution in [3.05, 3.63) is 11.1 Å². The lowest BCUT2D eigenvalue weighted by Crippen LogP contribution is -2.56. The van der Waals surface area contributed by atoms with Crippen LogP contribution in [0.15, 0.2) is 11.1 Å². The van der Waals surface area contributed by atoms with Crippen LogP contribution < -0.4 is 0 Å². The van der Waals surface area contributed by atoms with Crippen molar-refractivity contribution in [2.24, 2.45) is 45.8 Å². The molecule has 0 aromatic rings. The normalized spacial score (nSPS) is 40.0. The summed E-state index contributed by atoms with van der Waals surface area (Å²) in [5.74, 6) is 3.25. The first-order valence-corrected chi connectivity index (χ1v) is 14.3. The average molecular weight is 471 g/mol. The Labute approximate surface area is 208 Å². The Balaban J connectivity index is 1.61. The minimum Gasteiger partial charge on any atom is -0.462 e. The molecule has 0 spiro atoms. The zero-order valence-corrected chi connectivity index (χ0v) is 23.3. The van der Waals surface area contributed by atoms with Gasteiger partial charge in [-0.05, 0) is 78.9 Å². The van der Waals surface area contributed by atoms with Crippen molar-refractivity contribution in [3.63, 3.8) is 0 Å². The molecule has 0 heterocycles. The first kappa shape index (κ1) is 26.0. The smallest absolute Gasteiger partial charge is 0.302 e. The van der Waals surface area contributed by atoms with Crippen molar-refractivity contribution in [1.82, 2.24) is 0 Å². The Morgan fingerprint density at radius 3 is 2.38 bits per heavy atom. The Kier molecular flexibility index (Phi) is 6.93. The van der Waals surface area contributed by atoms with Crippen LogP contribution in [0.5, 0.6) is 0 Å². The zero-order valence-electron chi connectivity index (χ0n) is 23.3. The number of allylic oxidation sites excluding steroid dienone is 2. The third-order valence-corrected chi connectivity index (χ3v) is 11.2. The number of ether oxygens (including phenoxy) is 1. The van der Waals surface area contributed by atoms with Crippen LogP contribution in [0.2, 0.25) is 0 Å². The second-order valence-corrected chi connectivity index (χ2v) is 14.0. The van der Waals surface area contributed by atoms with Crippen molar-refractivity contribution >= 4 is 11.8 Å². The summed E-state index contributed by atoms with van der Waals surface area (Å²) in [5.41, 5.74) is 3.06. The van der Waals surface area contributed by atoms with E-state index in [1.165, 1.54) is 36.8 Å². The summed E-state index contributed by atoms with van der Waals surface area (Å²) >= 11 is 0. The van der Waals surface area contributed by atoms with Gasteiger partial charge in [0.2, 0.25) is 0 Å². The molecule has 3 heteroatoms. The summed E-state index contributed by atoms with van der Waals surface area (Å²) in [6, 6.07) is 0. The number of carbonyl (C=O) groups is 2. The van der Waals surface area contributed by atoms with E-state index < -0.39 is 0 Å². The third-order valence-electron chi connectivity index (χ3n) is 11.2. The number of fused-ring (bicyclic) bond motifs is 4. The molecule has 4 aliphatic carbocycles. The fraction of sp³-hybridized carbons (Fsp3) is 0.871. The van der Waals surface area contributed by atoms with E-state index in [4.69, 9.17) is 4.74 Å². The van der Waals surface area contributed by atoms with Gasteiger partial charge in [-0.15, -0.1) is 0 Å². The van der Waals surface area contributed by atoms with Gasteiger partial charge < -0.3 is 4.74 Å². The van der Waals surface area contributed by atoms with Crippen molar-refractivity contribution < 1.29 is 14.3 Å². The number of esters is 1. The average Bonchev–Trinajstić information content (AvgIpc) is 3.00. The highest BCUT2D eigenvalue weighted by Crippen LogP contribution is 2.67. The van der Waals surface area contributed by atoms with E-state index in [1.807, 2.05) is 0 Å². The minimum atomic E-state index is -0.154. The molecule has 0 N–H and O–H groups in total. The maximum absolute atomic E-state index is 13.6. The summed E-state index contributed by atoms with van der Waals surface area (Å²) < 4.78 is 5.82. The standard InChI is InChI=1S/C31H50O3/c1-19(2)10-9-11-20(3)24-18-25(33)28-22-12-13-26-29(5,6)27(34-21(4)32)15-17-30(26,7)23(22)14-16-31(24,28)8/h19-20,23-24,26-27H,9-18H2,1-8H3/t20-,23+,24-,26+,27+,30-,31-/m1/s1. The second-order valence-electron chi connectivity index (χ2n) is 14.0. The van der Waals surface area contributed by atoms with Crippen molar-refractivity contribution in [2.75, 3.05) is 0 Å². The summed E-state index contributed by atoms with van der Waals surface area (Å²) in [4.78, 5) is 25.4. The van der Waals surface area contributed by atoms with Crippen LogP contribution in [-0.2, 0) is 14.3 Å². The highest BCUT2D eigenvalue weighted by atomic mass is 16.5. The molecule has 7 atom stereocenters. The van der Waals surface area contributed by atoms with Crippen LogP contribution in [0.1, 0.15) is 120 Å². The number of hydrogen-bond donors (Lipinski definition) is 0. The van der Waals surface area contributed by atoms with Gasteiger partial charge in [0, 0.05) is 24.3 Å². The lowest BCUT2D eigenvalue weighted by molar-refractivity contribution is -0.175. The minimum absolute atomic E-state index is 0.00955. The van der Waals surface area contributed by atoms with Crippen LogP contribution >= 0.6 is 0 Å². The van der Waals surface area contributed by atoms with Crippen molar-refractivity contribution in [2.45, 2.75) is 126 Å². The van der Waals surface area contributed by atoms with Gasteiger partial charge in [-0.25, -0.2) is 0 Å². The Morgan fingerprint density at radius 1 is 1.03 bits per heavy atom. The highest BCUT2D eigenvalue weighted by molar-refractivity contribution is 6.00. The lowest BCUT2D eigenvalue weighted by atomic mass is 9.44. The molecular formula is C31H50O3. The van der Waals surface area contributed by atoms with E-state index in [0.29, 0.717) is 29.5 Å².